The van der Waals surface area contributed by atoms with Gasteiger partial charge < -0.3 is 9.05 Å². The van der Waals surface area contributed by atoms with Crippen molar-refractivity contribution in [2.75, 3.05) is 0 Å². The summed E-state index contributed by atoms with van der Waals surface area (Å²) in [5.74, 6) is 0.298. The van der Waals surface area contributed by atoms with E-state index < -0.39 is 7.82 Å². The quantitative estimate of drug-likeness (QED) is 0.515. The van der Waals surface area contributed by atoms with E-state index in [0.717, 1.165) is 30.4 Å². The van der Waals surface area contributed by atoms with Crippen molar-refractivity contribution in [1.82, 2.24) is 0 Å². The molecule has 0 bridgehead atoms. The highest BCUT2D eigenvalue weighted by Crippen LogP contribution is 2.44. The Hall–Kier alpha value is -2.62. The van der Waals surface area contributed by atoms with E-state index in [1.807, 2.05) is 12.1 Å². The van der Waals surface area contributed by atoms with E-state index in [2.05, 4.69) is 0 Å². The fraction of sp³-hybridized carbons (Fsp3) is 0.143. The zero-order chi connectivity index (χ0) is 19.1. The lowest BCUT2D eigenvalue weighted by atomic mass is 10.0. The summed E-state index contributed by atoms with van der Waals surface area (Å²) in [6.07, 6.45) is 2.62. The summed E-state index contributed by atoms with van der Waals surface area (Å²) < 4.78 is 35.1. The van der Waals surface area contributed by atoms with Crippen LogP contribution in [0.15, 0.2) is 78.9 Å². The van der Waals surface area contributed by atoms with Crippen LogP contribution in [-0.4, -0.2) is 4.89 Å². The first-order valence-electron chi connectivity index (χ1n) is 8.61. The van der Waals surface area contributed by atoms with Crippen molar-refractivity contribution in [3.63, 3.8) is 0 Å². The first kappa shape index (κ1) is 19.2. The van der Waals surface area contributed by atoms with Gasteiger partial charge in [-0.15, -0.1) is 0 Å². The topological polar surface area (TPSA) is 55.8 Å². The Labute approximate surface area is 157 Å². The smallest absolute Gasteiger partial charge is 0.395 e. The van der Waals surface area contributed by atoms with Crippen LogP contribution >= 0.6 is 7.82 Å². The fourth-order valence-electron chi connectivity index (χ4n) is 2.63. The van der Waals surface area contributed by atoms with Gasteiger partial charge in [0, 0.05) is 0 Å². The second-order valence-electron chi connectivity index (χ2n) is 6.09. The number of phosphoric acid groups is 1. The maximum Gasteiger partial charge on any atom is 0.584 e. The van der Waals surface area contributed by atoms with Crippen molar-refractivity contribution < 1.29 is 22.9 Å². The maximum absolute atomic E-state index is 12.9. The summed E-state index contributed by atoms with van der Waals surface area (Å²) in [5.41, 5.74) is 2.18. The summed E-state index contributed by atoms with van der Waals surface area (Å²) in [5, 5.41) is 0. The van der Waals surface area contributed by atoms with Crippen molar-refractivity contribution in [3.05, 3.63) is 95.8 Å². The van der Waals surface area contributed by atoms with Crippen molar-refractivity contribution in [2.45, 2.75) is 19.3 Å². The summed E-state index contributed by atoms with van der Waals surface area (Å²) in [6, 6.07) is 21.8. The highest BCUT2D eigenvalue weighted by Gasteiger charge is 2.24. The predicted octanol–water partition coefficient (Wildman–Crippen LogP) is 5.56. The molecule has 3 aromatic rings. The molecule has 0 aliphatic heterocycles. The number of para-hydroxylation sites is 1. The molecule has 0 radical (unpaired) electrons. The number of hydrogen-bond acceptors (Lipinski definition) is 3. The second kappa shape index (κ2) is 8.85. The minimum Gasteiger partial charge on any atom is -0.395 e. The van der Waals surface area contributed by atoms with Gasteiger partial charge in [0.1, 0.15) is 17.3 Å². The zero-order valence-corrected chi connectivity index (χ0v) is 15.5. The van der Waals surface area contributed by atoms with Gasteiger partial charge in [0.25, 0.3) is 0 Å². The molecule has 4 nitrogen and oxygen atoms in total. The summed E-state index contributed by atoms with van der Waals surface area (Å²) in [6.45, 7) is 0. The zero-order valence-electron chi connectivity index (χ0n) is 14.6. The molecule has 0 heterocycles. The molecule has 0 saturated carbocycles. The molecule has 0 aliphatic carbocycles. The van der Waals surface area contributed by atoms with Crippen LogP contribution in [0.2, 0.25) is 0 Å². The molecular weight excluding hydrogens is 366 g/mol. The Morgan fingerprint density at radius 2 is 1.22 bits per heavy atom. The molecular formula is C21H20FO4P. The average molecular weight is 386 g/mol. The third-order valence-corrected chi connectivity index (χ3v) is 4.84. The molecule has 1 unspecified atom stereocenters. The van der Waals surface area contributed by atoms with Crippen LogP contribution in [-0.2, 0) is 17.4 Å². The summed E-state index contributed by atoms with van der Waals surface area (Å²) in [4.78, 5) is 9.86. The number of phosphoric ester groups is 1. The lowest BCUT2D eigenvalue weighted by molar-refractivity contribution is 0.291. The van der Waals surface area contributed by atoms with E-state index in [0.29, 0.717) is 0 Å². The lowest BCUT2D eigenvalue weighted by Crippen LogP contribution is -2.00. The van der Waals surface area contributed by atoms with Gasteiger partial charge in [-0.05, 0) is 66.8 Å². The fourth-order valence-corrected chi connectivity index (χ4v) is 3.44. The molecule has 6 heteroatoms. The Balaban J connectivity index is 1.50. The monoisotopic (exact) mass is 386 g/mol. The van der Waals surface area contributed by atoms with E-state index >= 15 is 0 Å². The number of benzene rings is 3. The molecule has 0 spiro atoms. The normalized spacial score (nSPS) is 13.0. The van der Waals surface area contributed by atoms with Gasteiger partial charge in [-0.1, -0.05) is 42.5 Å². The van der Waals surface area contributed by atoms with Gasteiger partial charge in [0.15, 0.2) is 0 Å². The SMILES string of the molecule is O=P(O)(Oc1ccccc1)Oc1ccc(CCCc2ccc(F)cc2)cc1. The minimum absolute atomic E-state index is 0.230. The molecule has 140 valence electrons. The first-order valence-corrected chi connectivity index (χ1v) is 10.1. The maximum atomic E-state index is 12.9. The van der Waals surface area contributed by atoms with Crippen molar-refractivity contribution in [1.29, 1.82) is 0 Å². The van der Waals surface area contributed by atoms with Gasteiger partial charge in [-0.3, -0.25) is 4.89 Å². The van der Waals surface area contributed by atoms with E-state index in [1.165, 1.54) is 12.1 Å². The van der Waals surface area contributed by atoms with Crippen LogP contribution in [0, 0.1) is 5.82 Å². The van der Waals surface area contributed by atoms with Crippen molar-refractivity contribution >= 4 is 7.82 Å². The van der Waals surface area contributed by atoms with Crippen LogP contribution in [0.25, 0.3) is 0 Å². The predicted molar refractivity (Wildman–Crippen MR) is 102 cm³/mol. The van der Waals surface area contributed by atoms with Gasteiger partial charge in [-0.2, -0.15) is 0 Å². The summed E-state index contributed by atoms with van der Waals surface area (Å²) in [7, 11) is -4.25. The molecule has 1 atom stereocenters. The van der Waals surface area contributed by atoms with Gasteiger partial charge in [-0.25, -0.2) is 8.96 Å². The van der Waals surface area contributed by atoms with Gasteiger partial charge >= 0.3 is 7.82 Å². The Bertz CT molecular complexity index is 896. The third kappa shape index (κ3) is 6.24. The van der Waals surface area contributed by atoms with Crippen LogP contribution in [0.3, 0.4) is 0 Å². The molecule has 0 saturated heterocycles. The molecule has 0 fully saturated rings. The Morgan fingerprint density at radius 3 is 1.78 bits per heavy atom. The minimum atomic E-state index is -4.25. The van der Waals surface area contributed by atoms with Crippen LogP contribution in [0.4, 0.5) is 4.39 Å². The second-order valence-corrected chi connectivity index (χ2v) is 7.39. The highest BCUT2D eigenvalue weighted by molar-refractivity contribution is 7.48. The van der Waals surface area contributed by atoms with Gasteiger partial charge in [0.2, 0.25) is 0 Å². The van der Waals surface area contributed by atoms with E-state index in [4.69, 9.17) is 9.05 Å². The van der Waals surface area contributed by atoms with Crippen LogP contribution < -0.4 is 9.05 Å². The molecule has 0 aliphatic rings. The highest BCUT2D eigenvalue weighted by atomic mass is 31.2. The average Bonchev–Trinajstić information content (AvgIpc) is 2.65. The van der Waals surface area contributed by atoms with Crippen molar-refractivity contribution in [2.24, 2.45) is 0 Å². The molecule has 1 N–H and O–H groups in total. The van der Waals surface area contributed by atoms with E-state index in [-0.39, 0.29) is 17.3 Å². The molecule has 27 heavy (non-hydrogen) atoms. The summed E-state index contributed by atoms with van der Waals surface area (Å²) >= 11 is 0. The third-order valence-electron chi connectivity index (χ3n) is 3.95. The van der Waals surface area contributed by atoms with Crippen LogP contribution in [0.1, 0.15) is 17.5 Å². The number of halogens is 1. The lowest BCUT2D eigenvalue weighted by Gasteiger charge is -2.14. The standard InChI is InChI=1S/C21H20FO4P/c22-19-13-9-17(10-14-19)5-4-6-18-11-15-21(16-12-18)26-27(23,24)25-20-7-2-1-3-8-20/h1-3,7-16H,4-6H2,(H,23,24). The molecule has 0 amide bonds. The molecule has 0 aromatic heterocycles. The van der Waals surface area contributed by atoms with E-state index in [9.17, 15) is 13.8 Å². The molecule has 3 rings (SSSR count). The Kier molecular flexibility index (Phi) is 6.28. The first-order chi connectivity index (χ1) is 13.0. The van der Waals surface area contributed by atoms with Gasteiger partial charge in [0.05, 0.1) is 0 Å². The van der Waals surface area contributed by atoms with E-state index in [1.54, 1.807) is 54.6 Å². The number of rotatable bonds is 8. The van der Waals surface area contributed by atoms with Crippen LogP contribution in [0.5, 0.6) is 11.5 Å². The Morgan fingerprint density at radius 1 is 0.741 bits per heavy atom. The number of aryl methyl sites for hydroxylation is 2. The largest absolute Gasteiger partial charge is 0.584 e. The molecule has 3 aromatic carbocycles. The van der Waals surface area contributed by atoms with Crippen molar-refractivity contribution in [3.8, 4) is 11.5 Å². The number of hydrogen-bond donors (Lipinski definition) is 1.